The summed E-state index contributed by atoms with van der Waals surface area (Å²) in [7, 11) is 2.03. The Labute approximate surface area is 224 Å². The van der Waals surface area contributed by atoms with Gasteiger partial charge in [0.25, 0.3) is 0 Å². The van der Waals surface area contributed by atoms with Crippen molar-refractivity contribution in [3.8, 4) is 0 Å². The van der Waals surface area contributed by atoms with Crippen LogP contribution >= 0.6 is 0 Å². The van der Waals surface area contributed by atoms with Gasteiger partial charge in [0.05, 0.1) is 17.9 Å². The Morgan fingerprint density at radius 2 is 1.39 bits per heavy atom. The molecule has 0 bridgehead atoms. The van der Waals surface area contributed by atoms with Crippen molar-refractivity contribution in [1.29, 1.82) is 0 Å². The number of carbonyl (C=O) groups is 1. The fraction of sp³-hybridized carbons (Fsp3) is 0.312. The van der Waals surface area contributed by atoms with Gasteiger partial charge in [-0.3, -0.25) is 4.79 Å². The summed E-state index contributed by atoms with van der Waals surface area (Å²) in [5, 5.41) is 0. The molecule has 0 amide bonds. The first-order valence-corrected chi connectivity index (χ1v) is 12.9. The third kappa shape index (κ3) is 9.33. The molecular formula is C32H37F3N2O. The van der Waals surface area contributed by atoms with Crippen LogP contribution in [0.2, 0.25) is 0 Å². The molecule has 0 atom stereocenters. The monoisotopic (exact) mass is 522 g/mol. The quantitative estimate of drug-likeness (QED) is 0.115. The Kier molecular flexibility index (Phi) is 12.5. The Bertz CT molecular complexity index is 1120. The lowest BCUT2D eigenvalue weighted by atomic mass is 9.98. The highest BCUT2D eigenvalue weighted by Crippen LogP contribution is 2.29. The first-order chi connectivity index (χ1) is 18.2. The fourth-order valence-corrected chi connectivity index (χ4v) is 4.03. The van der Waals surface area contributed by atoms with E-state index in [1.165, 1.54) is 23.3 Å². The molecule has 0 saturated carbocycles. The van der Waals surface area contributed by atoms with Gasteiger partial charge in [0, 0.05) is 18.3 Å². The molecule has 0 unspecified atom stereocenters. The minimum atomic E-state index is -4.22. The molecule has 0 heterocycles. The second kappa shape index (κ2) is 15.6. The maximum absolute atomic E-state index is 12.0. The molecule has 0 radical (unpaired) electrons. The zero-order valence-electron chi connectivity index (χ0n) is 22.6. The molecule has 202 valence electrons. The van der Waals surface area contributed by atoms with Crippen LogP contribution in [0.5, 0.6) is 0 Å². The van der Waals surface area contributed by atoms with Crippen molar-refractivity contribution in [3.63, 3.8) is 0 Å². The summed E-state index contributed by atoms with van der Waals surface area (Å²) in [5.41, 5.74) is 4.42. The maximum atomic E-state index is 12.0. The standard InChI is InChI=1S/C23H28N2O.C9H9F3/c1-4-12-21(17-26)22(5-2)24-18-25(3)23(19-13-8-6-9-14-19)20-15-10-7-11-16-20;1-2-7-3-5-8(6-4-7)9(10,11)12/h6-11,13-18,23H,4-5,12H2,1-3H3;3-6H,2H2,1H3/b22-21-,24-18?;. The van der Waals surface area contributed by atoms with Crippen molar-refractivity contribution in [2.45, 2.75) is 58.7 Å². The lowest BCUT2D eigenvalue weighted by Gasteiger charge is -2.27. The molecule has 38 heavy (non-hydrogen) atoms. The number of allylic oxidation sites excluding steroid dienone is 2. The topological polar surface area (TPSA) is 32.7 Å². The number of alkyl halides is 3. The van der Waals surface area contributed by atoms with E-state index in [1.807, 2.05) is 39.4 Å². The van der Waals surface area contributed by atoms with E-state index >= 15 is 0 Å². The first-order valence-electron chi connectivity index (χ1n) is 12.9. The molecule has 6 heteroatoms. The number of aldehydes is 1. The molecule has 3 aromatic rings. The van der Waals surface area contributed by atoms with Crippen molar-refractivity contribution in [2.24, 2.45) is 4.99 Å². The Hall–Kier alpha value is -3.67. The molecule has 3 rings (SSSR count). The molecule has 3 aromatic carbocycles. The Morgan fingerprint density at radius 1 is 0.868 bits per heavy atom. The van der Waals surface area contributed by atoms with Crippen LogP contribution < -0.4 is 0 Å². The number of hydrogen-bond donors (Lipinski definition) is 0. The summed E-state index contributed by atoms with van der Waals surface area (Å²) >= 11 is 0. The van der Waals surface area contributed by atoms with Crippen LogP contribution in [-0.2, 0) is 17.4 Å². The molecule has 0 N–H and O–H groups in total. The van der Waals surface area contributed by atoms with E-state index in [0.29, 0.717) is 0 Å². The van der Waals surface area contributed by atoms with Crippen LogP contribution in [0.4, 0.5) is 13.2 Å². The number of benzene rings is 3. The first kappa shape index (κ1) is 30.6. The Balaban J connectivity index is 0.000000352. The summed E-state index contributed by atoms with van der Waals surface area (Å²) in [6, 6.07) is 26.1. The zero-order valence-corrected chi connectivity index (χ0v) is 22.6. The highest BCUT2D eigenvalue weighted by atomic mass is 19.4. The largest absolute Gasteiger partial charge is 0.416 e. The molecule has 3 nitrogen and oxygen atoms in total. The predicted molar refractivity (Wildman–Crippen MR) is 150 cm³/mol. The third-order valence-electron chi connectivity index (χ3n) is 6.09. The second-order valence-electron chi connectivity index (χ2n) is 8.88. The fourth-order valence-electron chi connectivity index (χ4n) is 4.03. The number of hydrogen-bond acceptors (Lipinski definition) is 2. The molecule has 0 aliphatic heterocycles. The molecule has 0 aromatic heterocycles. The summed E-state index contributed by atoms with van der Waals surface area (Å²) in [6.45, 7) is 6.02. The number of rotatable bonds is 10. The zero-order chi connectivity index (χ0) is 28.0. The number of carbonyl (C=O) groups excluding carboxylic acids is 1. The van der Waals surface area contributed by atoms with E-state index in [1.54, 1.807) is 0 Å². The van der Waals surface area contributed by atoms with Crippen LogP contribution in [0.1, 0.15) is 68.3 Å². The molecular weight excluding hydrogens is 485 g/mol. The van der Waals surface area contributed by atoms with Crippen molar-refractivity contribution >= 4 is 12.6 Å². The van der Waals surface area contributed by atoms with Gasteiger partial charge in [-0.1, -0.05) is 100.0 Å². The summed E-state index contributed by atoms with van der Waals surface area (Å²) in [4.78, 5) is 18.1. The average Bonchev–Trinajstić information content (AvgIpc) is 2.94. The lowest BCUT2D eigenvalue weighted by molar-refractivity contribution is -0.137. The van der Waals surface area contributed by atoms with Crippen molar-refractivity contribution in [2.75, 3.05) is 7.05 Å². The van der Waals surface area contributed by atoms with E-state index < -0.39 is 11.7 Å². The number of halogens is 3. The van der Waals surface area contributed by atoms with Crippen molar-refractivity contribution in [1.82, 2.24) is 4.90 Å². The van der Waals surface area contributed by atoms with E-state index in [9.17, 15) is 18.0 Å². The average molecular weight is 523 g/mol. The molecule has 0 spiro atoms. The predicted octanol–water partition coefficient (Wildman–Crippen LogP) is 8.67. The van der Waals surface area contributed by atoms with Gasteiger partial charge < -0.3 is 4.90 Å². The SMILES string of the molecule is CCC/C(C=O)=C(\CC)N=CN(C)C(c1ccccc1)c1ccccc1.CCc1ccc(C(F)(F)F)cc1. The summed E-state index contributed by atoms with van der Waals surface area (Å²) in [6.07, 6.45) is 1.81. The van der Waals surface area contributed by atoms with Crippen LogP contribution in [0.15, 0.2) is 101 Å². The van der Waals surface area contributed by atoms with Crippen LogP contribution in [0.25, 0.3) is 0 Å². The highest BCUT2D eigenvalue weighted by Gasteiger charge is 2.29. The second-order valence-corrected chi connectivity index (χ2v) is 8.88. The highest BCUT2D eigenvalue weighted by molar-refractivity contribution is 5.75. The van der Waals surface area contributed by atoms with E-state index in [2.05, 4.69) is 65.3 Å². The summed E-state index contributed by atoms with van der Waals surface area (Å²) in [5.74, 6) is 0. The van der Waals surface area contributed by atoms with E-state index in [0.717, 1.165) is 60.9 Å². The van der Waals surface area contributed by atoms with Gasteiger partial charge >= 0.3 is 6.18 Å². The minimum absolute atomic E-state index is 0.0742. The van der Waals surface area contributed by atoms with Gasteiger partial charge in [0.15, 0.2) is 0 Å². The molecule has 0 aliphatic rings. The normalized spacial score (nSPS) is 12.1. The van der Waals surface area contributed by atoms with E-state index in [-0.39, 0.29) is 6.04 Å². The van der Waals surface area contributed by atoms with Crippen molar-refractivity contribution < 1.29 is 18.0 Å². The number of aryl methyl sites for hydroxylation is 1. The van der Waals surface area contributed by atoms with Gasteiger partial charge in [-0.2, -0.15) is 13.2 Å². The number of aliphatic imine (C=N–C) groups is 1. The third-order valence-corrected chi connectivity index (χ3v) is 6.09. The van der Waals surface area contributed by atoms with Gasteiger partial charge in [-0.15, -0.1) is 0 Å². The lowest BCUT2D eigenvalue weighted by Crippen LogP contribution is -2.24. The van der Waals surface area contributed by atoms with Gasteiger partial charge in [-0.05, 0) is 48.1 Å². The summed E-state index contributed by atoms with van der Waals surface area (Å²) < 4.78 is 36.1. The minimum Gasteiger partial charge on any atom is -0.355 e. The molecule has 0 aliphatic carbocycles. The van der Waals surface area contributed by atoms with Gasteiger partial charge in [0.2, 0.25) is 0 Å². The maximum Gasteiger partial charge on any atom is 0.416 e. The Morgan fingerprint density at radius 3 is 1.79 bits per heavy atom. The smallest absolute Gasteiger partial charge is 0.355 e. The van der Waals surface area contributed by atoms with Gasteiger partial charge in [-0.25, -0.2) is 4.99 Å². The van der Waals surface area contributed by atoms with E-state index in [4.69, 9.17) is 0 Å². The van der Waals surface area contributed by atoms with Crippen molar-refractivity contribution in [3.05, 3.63) is 118 Å². The molecule has 0 saturated heterocycles. The molecule has 0 fully saturated rings. The van der Waals surface area contributed by atoms with Crippen LogP contribution in [-0.4, -0.2) is 24.6 Å². The van der Waals surface area contributed by atoms with Crippen LogP contribution in [0.3, 0.4) is 0 Å². The van der Waals surface area contributed by atoms with Gasteiger partial charge in [0.1, 0.15) is 6.29 Å². The van der Waals surface area contributed by atoms with Crippen LogP contribution in [0, 0.1) is 0 Å². The number of nitrogens with zero attached hydrogens (tertiary/aromatic N) is 2.